The molecule has 0 saturated carbocycles. The van der Waals surface area contributed by atoms with E-state index in [1.165, 1.54) is 0 Å². The maximum atomic E-state index is 10.0. The summed E-state index contributed by atoms with van der Waals surface area (Å²) in [7, 11) is 0. The molecule has 0 bridgehead atoms. The molecule has 0 rings (SSSR count). The lowest BCUT2D eigenvalue weighted by Gasteiger charge is -2.07. The molecule has 0 amide bonds. The van der Waals surface area contributed by atoms with Crippen molar-refractivity contribution < 1.29 is 23.7 Å². The highest BCUT2D eigenvalue weighted by Gasteiger charge is 1.97. The van der Waals surface area contributed by atoms with Gasteiger partial charge in [-0.2, -0.15) is 0 Å². The topological polar surface area (TPSA) is 54.0 Å². The van der Waals surface area contributed by atoms with Crippen LogP contribution in [0.1, 0.15) is 6.42 Å². The fraction of sp³-hybridized carbons (Fsp3) is 0.923. The molecule has 5 nitrogen and oxygen atoms in total. The fourth-order valence-corrected chi connectivity index (χ4v) is 1.92. The smallest absolute Gasteiger partial charge is 0.203 e. The molecule has 0 fully saturated rings. The normalized spacial score (nSPS) is 10.7. The van der Waals surface area contributed by atoms with Crippen molar-refractivity contribution in [2.75, 3.05) is 58.6 Å². The predicted molar refractivity (Wildman–Crippen MR) is 83.9 cm³/mol. The lowest BCUT2D eigenvalue weighted by molar-refractivity contribution is -0.108. The number of carbonyl (C=O) groups excluding carboxylic acids is 1. The summed E-state index contributed by atoms with van der Waals surface area (Å²) in [5, 5.41) is 0. The highest BCUT2D eigenvalue weighted by atomic mass is 32.2. The summed E-state index contributed by atoms with van der Waals surface area (Å²) in [6.45, 7) is 9.02. The molecule has 0 heterocycles. The van der Waals surface area contributed by atoms with Crippen LogP contribution < -0.4 is 0 Å². The fourth-order valence-electron chi connectivity index (χ4n) is 1.24. The first-order chi connectivity index (χ1) is 9.77. The van der Waals surface area contributed by atoms with Gasteiger partial charge in [-0.3, -0.25) is 0 Å². The molecule has 7 heteroatoms. The Labute approximate surface area is 127 Å². The molecular formula is C13H27BO5S. The van der Waals surface area contributed by atoms with Crippen molar-refractivity contribution in [3.05, 3.63) is 0 Å². The van der Waals surface area contributed by atoms with E-state index in [1.54, 1.807) is 0 Å². The van der Waals surface area contributed by atoms with Gasteiger partial charge in [0.25, 0.3) is 0 Å². The molecule has 0 aromatic heterocycles. The van der Waals surface area contributed by atoms with Gasteiger partial charge in [-0.1, -0.05) is 13.6 Å². The average Bonchev–Trinajstić information content (AvgIpc) is 2.43. The Morgan fingerprint density at radius 3 is 1.70 bits per heavy atom. The van der Waals surface area contributed by atoms with Gasteiger partial charge < -0.3 is 23.7 Å². The second-order valence-corrected chi connectivity index (χ2v) is 6.01. The van der Waals surface area contributed by atoms with E-state index in [2.05, 4.69) is 13.6 Å². The molecule has 118 valence electrons. The van der Waals surface area contributed by atoms with Gasteiger partial charge >= 0.3 is 0 Å². The van der Waals surface area contributed by atoms with Crippen LogP contribution in [-0.4, -0.2) is 70.9 Å². The molecule has 20 heavy (non-hydrogen) atoms. The highest BCUT2D eigenvalue weighted by Crippen LogP contribution is 2.04. The molecule has 0 spiro atoms. The molecule has 0 radical (unpaired) electrons. The summed E-state index contributed by atoms with van der Waals surface area (Å²) in [5.41, 5.74) is 0. The van der Waals surface area contributed by atoms with Crippen LogP contribution in [0.2, 0.25) is 13.6 Å². The van der Waals surface area contributed by atoms with Crippen molar-refractivity contribution in [3.8, 4) is 0 Å². The van der Waals surface area contributed by atoms with Crippen LogP contribution >= 0.6 is 11.6 Å². The van der Waals surface area contributed by atoms with Crippen molar-refractivity contribution in [3.63, 3.8) is 0 Å². The van der Waals surface area contributed by atoms with Crippen LogP contribution in [0.25, 0.3) is 0 Å². The minimum atomic E-state index is 0.443. The van der Waals surface area contributed by atoms with Gasteiger partial charge in [0.2, 0.25) is 5.99 Å². The largest absolute Gasteiger partial charge is 0.379 e. The number of carbonyl (C=O) groups is 1. The molecule has 0 aliphatic rings. The number of hydrogen-bond acceptors (Lipinski definition) is 6. The summed E-state index contributed by atoms with van der Waals surface area (Å²) < 4.78 is 21.3. The van der Waals surface area contributed by atoms with Gasteiger partial charge in [-0.15, -0.1) is 0 Å². The molecule has 0 N–H and O–H groups in total. The molecular weight excluding hydrogens is 279 g/mol. The summed E-state index contributed by atoms with van der Waals surface area (Å²) in [4.78, 5) is 10.0. The third-order valence-electron chi connectivity index (χ3n) is 2.17. The summed E-state index contributed by atoms with van der Waals surface area (Å²) in [5.74, 6) is 1.69. The quantitative estimate of drug-likeness (QED) is 0.245. The van der Waals surface area contributed by atoms with Crippen molar-refractivity contribution in [2.24, 2.45) is 0 Å². The van der Waals surface area contributed by atoms with Crippen LogP contribution in [0, 0.1) is 0 Å². The van der Waals surface area contributed by atoms with E-state index in [4.69, 9.17) is 18.9 Å². The summed E-state index contributed by atoms with van der Waals surface area (Å²) in [6.07, 6.45) is 1.29. The van der Waals surface area contributed by atoms with Gasteiger partial charge in [-0.25, -0.2) is 11.6 Å². The lowest BCUT2D eigenvalue weighted by Crippen LogP contribution is -2.13. The Bertz CT molecular complexity index is 207. The highest BCUT2D eigenvalue weighted by molar-refractivity contribution is 8.25. The van der Waals surface area contributed by atoms with E-state index in [9.17, 15) is 4.79 Å². The molecule has 0 aromatic rings. The van der Waals surface area contributed by atoms with Gasteiger partial charge in [-0.05, 0) is 0 Å². The predicted octanol–water partition coefficient (Wildman–Crippen LogP) is 1.63. The van der Waals surface area contributed by atoms with Gasteiger partial charge in [0.1, 0.15) is 6.29 Å². The minimum Gasteiger partial charge on any atom is -0.379 e. The number of hydrogen-bond donors (Lipinski definition) is 0. The Morgan fingerprint density at radius 1 is 0.800 bits per heavy atom. The van der Waals surface area contributed by atoms with E-state index in [0.717, 1.165) is 18.6 Å². The first kappa shape index (κ1) is 19.9. The number of ether oxygens (including phenoxy) is 4. The van der Waals surface area contributed by atoms with E-state index >= 15 is 0 Å². The van der Waals surface area contributed by atoms with Crippen LogP contribution in [0.15, 0.2) is 0 Å². The maximum absolute atomic E-state index is 10.0. The zero-order valence-corrected chi connectivity index (χ0v) is 13.5. The zero-order chi connectivity index (χ0) is 14.9. The summed E-state index contributed by atoms with van der Waals surface area (Å²) in [6, 6.07) is 0. The second kappa shape index (κ2) is 17.0. The molecule has 0 aromatic carbocycles. The SMILES string of the molecule is CB(C)SCCOCCOCCOCCOCCC=O. The summed E-state index contributed by atoms with van der Waals surface area (Å²) >= 11 is 1.90. The zero-order valence-electron chi connectivity index (χ0n) is 12.7. The molecule has 0 atom stereocenters. The van der Waals surface area contributed by atoms with Crippen molar-refractivity contribution in [2.45, 2.75) is 20.1 Å². The monoisotopic (exact) mass is 306 g/mol. The van der Waals surface area contributed by atoms with Crippen LogP contribution in [0.3, 0.4) is 0 Å². The number of rotatable bonds is 16. The molecule has 0 aliphatic heterocycles. The van der Waals surface area contributed by atoms with Crippen molar-refractivity contribution in [1.29, 1.82) is 0 Å². The van der Waals surface area contributed by atoms with Gasteiger partial charge in [0.15, 0.2) is 0 Å². The van der Waals surface area contributed by atoms with E-state index in [0.29, 0.717) is 58.7 Å². The van der Waals surface area contributed by atoms with Crippen molar-refractivity contribution in [1.82, 2.24) is 0 Å². The van der Waals surface area contributed by atoms with Gasteiger partial charge in [0, 0.05) is 12.2 Å². The second-order valence-electron chi connectivity index (χ2n) is 4.32. The van der Waals surface area contributed by atoms with E-state index in [1.807, 2.05) is 11.6 Å². The molecule has 0 saturated heterocycles. The molecule has 0 unspecified atom stereocenters. The van der Waals surface area contributed by atoms with Crippen LogP contribution in [-0.2, 0) is 23.7 Å². The first-order valence-corrected chi connectivity index (χ1v) is 8.18. The van der Waals surface area contributed by atoms with Crippen molar-refractivity contribution >= 4 is 23.9 Å². The standard InChI is InChI=1S/C13H27BO5S/c1-14(2)20-13-12-19-11-10-18-9-8-17-7-6-16-5-3-4-15/h4H,3,5-13H2,1-2H3. The number of aldehydes is 1. The van der Waals surface area contributed by atoms with Crippen LogP contribution in [0.5, 0.6) is 0 Å². The van der Waals surface area contributed by atoms with E-state index < -0.39 is 0 Å². The minimum absolute atomic E-state index is 0.443. The Balaban J connectivity index is 2.94. The Hall–Kier alpha value is -0.0751. The van der Waals surface area contributed by atoms with Gasteiger partial charge in [0.05, 0.1) is 52.9 Å². The molecule has 0 aliphatic carbocycles. The Morgan fingerprint density at radius 2 is 1.25 bits per heavy atom. The Kier molecular flexibility index (Phi) is 16.9. The van der Waals surface area contributed by atoms with E-state index in [-0.39, 0.29) is 0 Å². The first-order valence-electron chi connectivity index (χ1n) is 7.13. The maximum Gasteiger partial charge on any atom is 0.203 e. The average molecular weight is 306 g/mol. The lowest BCUT2D eigenvalue weighted by atomic mass is 9.84. The third-order valence-corrected chi connectivity index (χ3v) is 3.24. The van der Waals surface area contributed by atoms with Crippen LogP contribution in [0.4, 0.5) is 0 Å². The third kappa shape index (κ3) is 17.9.